The summed E-state index contributed by atoms with van der Waals surface area (Å²) in [7, 11) is 0. The van der Waals surface area contributed by atoms with Gasteiger partial charge in [-0.2, -0.15) is 0 Å². The summed E-state index contributed by atoms with van der Waals surface area (Å²) in [5, 5.41) is 8.99. The van der Waals surface area contributed by atoms with E-state index in [0.717, 1.165) is 0 Å². The zero-order chi connectivity index (χ0) is 13.8. The van der Waals surface area contributed by atoms with Crippen molar-refractivity contribution in [1.29, 1.82) is 0 Å². The lowest BCUT2D eigenvalue weighted by molar-refractivity contribution is -0.325. The number of ether oxygens (including phenoxy) is 1. The van der Waals surface area contributed by atoms with Crippen LogP contribution in [0.25, 0.3) is 0 Å². The van der Waals surface area contributed by atoms with Gasteiger partial charge in [0.25, 0.3) is 0 Å². The molecule has 0 spiro atoms. The first-order chi connectivity index (χ1) is 8.29. The monoisotopic (exact) mass is 326 g/mol. The second-order valence-electron chi connectivity index (χ2n) is 3.53. The minimum Gasteiger partial charge on any atom is -0.481 e. The Morgan fingerprint density at radius 3 is 2.61 bits per heavy atom. The van der Waals surface area contributed by atoms with Crippen molar-refractivity contribution in [1.82, 2.24) is 0 Å². The fourth-order valence-corrected chi connectivity index (χ4v) is 1.87. The summed E-state index contributed by atoms with van der Waals surface area (Å²) in [6.07, 6.45) is -4.98. The molecule has 0 aliphatic carbocycles. The molecule has 0 saturated carbocycles. The lowest BCUT2D eigenvalue weighted by atomic mass is 9.96. The van der Waals surface area contributed by atoms with Crippen molar-refractivity contribution in [3.8, 4) is 0 Å². The highest BCUT2D eigenvalue weighted by Crippen LogP contribution is 2.25. The van der Waals surface area contributed by atoms with Gasteiger partial charge >= 0.3 is 12.3 Å². The average molecular weight is 327 g/mol. The molecule has 7 heteroatoms. The van der Waals surface area contributed by atoms with E-state index in [0.29, 0.717) is 10.0 Å². The van der Waals surface area contributed by atoms with Gasteiger partial charge in [-0.25, -0.2) is 0 Å². The van der Waals surface area contributed by atoms with Crippen LogP contribution in [0.1, 0.15) is 17.9 Å². The summed E-state index contributed by atoms with van der Waals surface area (Å²) in [6, 6.07) is 6.44. The van der Waals surface area contributed by atoms with Crippen LogP contribution in [-0.4, -0.2) is 24.0 Å². The fraction of sp³-hybridized carbons (Fsp3) is 0.364. The lowest BCUT2D eigenvalue weighted by Crippen LogP contribution is -2.19. The lowest BCUT2D eigenvalue weighted by Gasteiger charge is -2.14. The van der Waals surface area contributed by atoms with Gasteiger partial charge in [-0.05, 0) is 24.1 Å². The first kappa shape index (κ1) is 15.0. The molecule has 0 aliphatic rings. The van der Waals surface area contributed by atoms with E-state index in [1.165, 1.54) is 0 Å². The normalized spacial score (nSPS) is 13.3. The van der Waals surface area contributed by atoms with E-state index in [-0.39, 0.29) is 6.42 Å². The summed E-state index contributed by atoms with van der Waals surface area (Å²) >= 11 is 3.18. The molecule has 1 aromatic carbocycles. The molecule has 0 aliphatic heterocycles. The van der Waals surface area contributed by atoms with Crippen LogP contribution in [0.3, 0.4) is 0 Å². The SMILES string of the molecule is O=C(O)C(CCOC(F)(F)F)c1cccc(Br)c1. The van der Waals surface area contributed by atoms with Gasteiger partial charge in [-0.1, -0.05) is 28.1 Å². The molecule has 0 fully saturated rings. The molecular weight excluding hydrogens is 317 g/mol. The van der Waals surface area contributed by atoms with Crippen molar-refractivity contribution in [2.75, 3.05) is 6.61 Å². The number of carboxylic acids is 1. The molecule has 0 bridgehead atoms. The van der Waals surface area contributed by atoms with Crippen molar-refractivity contribution in [2.45, 2.75) is 18.7 Å². The molecule has 1 aromatic rings. The minimum absolute atomic E-state index is 0.245. The summed E-state index contributed by atoms with van der Waals surface area (Å²) in [6.45, 7) is -0.688. The van der Waals surface area contributed by atoms with Gasteiger partial charge in [0.2, 0.25) is 0 Å². The molecule has 0 heterocycles. The maximum atomic E-state index is 11.8. The molecule has 0 radical (unpaired) electrons. The van der Waals surface area contributed by atoms with Gasteiger partial charge < -0.3 is 5.11 Å². The van der Waals surface area contributed by atoms with Gasteiger partial charge in [0, 0.05) is 4.47 Å². The molecule has 1 N–H and O–H groups in total. The highest BCUT2D eigenvalue weighted by Gasteiger charge is 2.30. The van der Waals surface area contributed by atoms with E-state index in [4.69, 9.17) is 5.11 Å². The van der Waals surface area contributed by atoms with E-state index in [1.54, 1.807) is 24.3 Å². The largest absolute Gasteiger partial charge is 0.522 e. The van der Waals surface area contributed by atoms with E-state index in [9.17, 15) is 18.0 Å². The molecule has 18 heavy (non-hydrogen) atoms. The molecule has 100 valence electrons. The number of carboxylic acid groups (broad SMARTS) is 1. The number of hydrogen-bond acceptors (Lipinski definition) is 2. The Kier molecular flexibility index (Phi) is 5.15. The predicted molar refractivity (Wildman–Crippen MR) is 61.1 cm³/mol. The Morgan fingerprint density at radius 1 is 1.44 bits per heavy atom. The quantitative estimate of drug-likeness (QED) is 0.900. The fourth-order valence-electron chi connectivity index (χ4n) is 1.45. The molecule has 3 nitrogen and oxygen atoms in total. The van der Waals surface area contributed by atoms with E-state index >= 15 is 0 Å². The van der Waals surface area contributed by atoms with Crippen LogP contribution in [0.5, 0.6) is 0 Å². The summed E-state index contributed by atoms with van der Waals surface area (Å²) < 4.78 is 39.6. The number of halogens is 4. The van der Waals surface area contributed by atoms with Crippen molar-refractivity contribution in [3.63, 3.8) is 0 Å². The first-order valence-corrected chi connectivity index (χ1v) is 5.78. The highest BCUT2D eigenvalue weighted by atomic mass is 79.9. The maximum absolute atomic E-state index is 11.8. The van der Waals surface area contributed by atoms with Gasteiger partial charge in [0.15, 0.2) is 0 Å². The summed E-state index contributed by atoms with van der Waals surface area (Å²) in [5.41, 5.74) is 0.433. The molecule has 1 rings (SSSR count). The van der Waals surface area contributed by atoms with Crippen LogP contribution < -0.4 is 0 Å². The van der Waals surface area contributed by atoms with E-state index < -0.39 is 24.9 Å². The third-order valence-corrected chi connectivity index (χ3v) is 2.71. The third kappa shape index (κ3) is 5.05. The topological polar surface area (TPSA) is 46.5 Å². The standard InChI is InChI=1S/C11H10BrF3O3/c12-8-3-1-2-7(6-8)9(10(16)17)4-5-18-11(13,14)15/h1-3,6,9H,4-5H2,(H,16,17). The predicted octanol–water partition coefficient (Wildman–Crippen LogP) is 3.54. The molecule has 1 atom stereocenters. The van der Waals surface area contributed by atoms with Gasteiger partial charge in [0.1, 0.15) is 0 Å². The van der Waals surface area contributed by atoms with Gasteiger partial charge in [0.05, 0.1) is 12.5 Å². The van der Waals surface area contributed by atoms with Crippen LogP contribution in [0.2, 0.25) is 0 Å². The zero-order valence-electron chi connectivity index (χ0n) is 9.08. The smallest absolute Gasteiger partial charge is 0.481 e. The Balaban J connectivity index is 2.69. The van der Waals surface area contributed by atoms with Crippen molar-refractivity contribution in [3.05, 3.63) is 34.3 Å². The van der Waals surface area contributed by atoms with Crippen LogP contribution in [0, 0.1) is 0 Å². The molecular formula is C11H10BrF3O3. The number of aliphatic carboxylic acids is 1. The Bertz CT molecular complexity index is 420. The number of hydrogen-bond donors (Lipinski definition) is 1. The number of benzene rings is 1. The minimum atomic E-state index is -4.74. The number of carbonyl (C=O) groups is 1. The Morgan fingerprint density at radius 2 is 2.11 bits per heavy atom. The van der Waals surface area contributed by atoms with Crippen LogP contribution in [0.4, 0.5) is 13.2 Å². The second-order valence-corrected chi connectivity index (χ2v) is 4.44. The number of alkyl halides is 3. The second kappa shape index (κ2) is 6.19. The molecule has 0 aromatic heterocycles. The highest BCUT2D eigenvalue weighted by molar-refractivity contribution is 9.10. The Labute approximate surface area is 110 Å². The van der Waals surface area contributed by atoms with Gasteiger partial charge in [-0.15, -0.1) is 13.2 Å². The summed E-state index contributed by atoms with van der Waals surface area (Å²) in [5.74, 6) is -2.20. The van der Waals surface area contributed by atoms with Crippen molar-refractivity contribution < 1.29 is 27.8 Å². The molecule has 1 unspecified atom stereocenters. The van der Waals surface area contributed by atoms with Gasteiger partial charge in [-0.3, -0.25) is 9.53 Å². The van der Waals surface area contributed by atoms with Crippen molar-refractivity contribution >= 4 is 21.9 Å². The van der Waals surface area contributed by atoms with E-state index in [1.807, 2.05) is 0 Å². The third-order valence-electron chi connectivity index (χ3n) is 2.22. The van der Waals surface area contributed by atoms with E-state index in [2.05, 4.69) is 20.7 Å². The molecule has 0 saturated heterocycles. The van der Waals surface area contributed by atoms with Crippen LogP contribution in [-0.2, 0) is 9.53 Å². The zero-order valence-corrected chi connectivity index (χ0v) is 10.7. The summed E-state index contributed by atoms with van der Waals surface area (Å²) in [4.78, 5) is 11.0. The average Bonchev–Trinajstić information content (AvgIpc) is 2.22. The van der Waals surface area contributed by atoms with Crippen molar-refractivity contribution in [2.24, 2.45) is 0 Å². The molecule has 0 amide bonds. The maximum Gasteiger partial charge on any atom is 0.522 e. The van der Waals surface area contributed by atoms with Crippen LogP contribution >= 0.6 is 15.9 Å². The number of rotatable bonds is 5. The van der Waals surface area contributed by atoms with Crippen LogP contribution in [0.15, 0.2) is 28.7 Å². The Hall–Kier alpha value is -1.08. The first-order valence-electron chi connectivity index (χ1n) is 4.98.